The highest BCUT2D eigenvalue weighted by molar-refractivity contribution is 5.97. The second kappa shape index (κ2) is 13.6. The van der Waals surface area contributed by atoms with Crippen LogP contribution in [0, 0.1) is 6.92 Å². The van der Waals surface area contributed by atoms with Crippen LogP contribution in [0.15, 0.2) is 48.4 Å². The highest BCUT2D eigenvalue weighted by Crippen LogP contribution is 2.35. The van der Waals surface area contributed by atoms with Crippen LogP contribution in [-0.2, 0) is 11.2 Å². The fourth-order valence-corrected chi connectivity index (χ4v) is 6.40. The number of allylic oxidation sites excluding steroid dienone is 1. The molecular weight excluding hydrogens is 570 g/mol. The number of benzene rings is 1. The zero-order valence-electron chi connectivity index (χ0n) is 25.9. The van der Waals surface area contributed by atoms with Crippen LogP contribution >= 0.6 is 0 Å². The summed E-state index contributed by atoms with van der Waals surface area (Å²) in [4.78, 5) is 36.4. The molecule has 0 spiro atoms. The number of carbonyl (C=O) groups excluding carboxylic acids is 1. The van der Waals surface area contributed by atoms with Gasteiger partial charge in [-0.1, -0.05) is 17.7 Å². The van der Waals surface area contributed by atoms with Crippen molar-refractivity contribution in [3.8, 4) is 22.6 Å². The van der Waals surface area contributed by atoms with Crippen molar-refractivity contribution in [3.05, 3.63) is 65.3 Å². The van der Waals surface area contributed by atoms with E-state index in [1.54, 1.807) is 12.4 Å². The van der Waals surface area contributed by atoms with E-state index < -0.39 is 6.09 Å². The number of aromatic nitrogens is 5. The van der Waals surface area contributed by atoms with Crippen molar-refractivity contribution in [1.29, 1.82) is 0 Å². The van der Waals surface area contributed by atoms with Crippen LogP contribution in [0.25, 0.3) is 33.5 Å². The average molecular weight is 612 g/mol. The first-order valence-corrected chi connectivity index (χ1v) is 16.0. The molecule has 4 heterocycles. The molecule has 0 saturated carbocycles. The molecule has 4 N–H and O–H groups in total. The lowest BCUT2D eigenvalue weighted by atomic mass is 9.95. The summed E-state index contributed by atoms with van der Waals surface area (Å²) in [5.74, 6) is 0.333. The van der Waals surface area contributed by atoms with Crippen molar-refractivity contribution in [2.45, 2.75) is 83.9 Å². The van der Waals surface area contributed by atoms with E-state index in [0.717, 1.165) is 71.7 Å². The Bertz CT molecular complexity index is 1720. The number of fused-ring (bicyclic) bond motifs is 1. The van der Waals surface area contributed by atoms with E-state index in [4.69, 9.17) is 14.9 Å². The van der Waals surface area contributed by atoms with Gasteiger partial charge in [-0.25, -0.2) is 14.5 Å². The van der Waals surface area contributed by atoms with E-state index in [9.17, 15) is 9.59 Å². The van der Waals surface area contributed by atoms with E-state index in [2.05, 4.69) is 49.9 Å². The number of hydrogen-bond acceptors (Lipinski definition) is 6. The Balaban J connectivity index is 1.31. The summed E-state index contributed by atoms with van der Waals surface area (Å²) >= 11 is 0. The van der Waals surface area contributed by atoms with E-state index >= 15 is 0 Å². The van der Waals surface area contributed by atoms with Crippen LogP contribution in [0.3, 0.4) is 0 Å². The minimum Gasteiger partial charge on any atom is -0.465 e. The minimum absolute atomic E-state index is 0.178. The highest BCUT2D eigenvalue weighted by atomic mass is 16.5. The molecule has 3 aromatic heterocycles. The molecule has 11 nitrogen and oxygen atoms in total. The van der Waals surface area contributed by atoms with Crippen LogP contribution in [0.5, 0.6) is 0 Å². The third-order valence-electron chi connectivity index (χ3n) is 8.82. The first-order chi connectivity index (χ1) is 21.9. The Hall–Kier alpha value is -4.51. The summed E-state index contributed by atoms with van der Waals surface area (Å²) in [7, 11) is 0. The lowest BCUT2D eigenvalue weighted by molar-refractivity contribution is -0.0365. The number of amides is 2. The maximum atomic E-state index is 13.0. The fraction of sp³-hybridized carbons (Fsp3) is 0.441. The molecule has 6 rings (SSSR count). The Morgan fingerprint density at radius 3 is 2.84 bits per heavy atom. The number of carboxylic acid groups (broad SMARTS) is 1. The van der Waals surface area contributed by atoms with Crippen molar-refractivity contribution in [3.63, 3.8) is 0 Å². The van der Waals surface area contributed by atoms with Gasteiger partial charge in [-0.15, -0.1) is 0 Å². The Morgan fingerprint density at radius 2 is 2.07 bits per heavy atom. The normalized spacial score (nSPS) is 17.6. The van der Waals surface area contributed by atoms with Crippen LogP contribution in [-0.4, -0.2) is 61.0 Å². The van der Waals surface area contributed by atoms with Crippen LogP contribution in [0.4, 0.5) is 4.79 Å². The van der Waals surface area contributed by atoms with Crippen LogP contribution in [0.2, 0.25) is 0 Å². The van der Waals surface area contributed by atoms with Gasteiger partial charge in [0, 0.05) is 42.5 Å². The molecule has 1 aliphatic carbocycles. The molecule has 4 aromatic rings. The van der Waals surface area contributed by atoms with Gasteiger partial charge >= 0.3 is 6.09 Å². The molecule has 0 bridgehead atoms. The van der Waals surface area contributed by atoms with Gasteiger partial charge in [0.1, 0.15) is 11.4 Å². The van der Waals surface area contributed by atoms with Crippen LogP contribution in [0.1, 0.15) is 86.1 Å². The van der Waals surface area contributed by atoms with Crippen molar-refractivity contribution < 1.29 is 19.4 Å². The van der Waals surface area contributed by atoms with Crippen molar-refractivity contribution >= 4 is 22.9 Å². The molecule has 2 amide bonds. The molecule has 45 heavy (non-hydrogen) atoms. The topological polar surface area (TPSA) is 147 Å². The summed E-state index contributed by atoms with van der Waals surface area (Å²) in [6.45, 7) is 5.16. The maximum Gasteiger partial charge on any atom is 0.404 e. The number of H-pyrrole nitrogens is 1. The number of imidazole rings is 1. The molecule has 2 atom stereocenters. The molecule has 2 aliphatic rings. The number of nitrogens with zero attached hydrogens (tertiary/aromatic N) is 4. The Morgan fingerprint density at radius 1 is 1.18 bits per heavy atom. The van der Waals surface area contributed by atoms with E-state index in [1.165, 1.54) is 18.4 Å². The van der Waals surface area contributed by atoms with Gasteiger partial charge in [-0.3, -0.25) is 9.78 Å². The second-order valence-electron chi connectivity index (χ2n) is 12.1. The number of pyridine rings is 1. The first kappa shape index (κ1) is 30.5. The van der Waals surface area contributed by atoms with Gasteiger partial charge in [0.15, 0.2) is 12.1 Å². The van der Waals surface area contributed by atoms with Crippen molar-refractivity contribution in [2.75, 3.05) is 13.2 Å². The second-order valence-corrected chi connectivity index (χ2v) is 12.1. The summed E-state index contributed by atoms with van der Waals surface area (Å²) in [6.07, 6.45) is 15.4. The molecule has 11 heteroatoms. The largest absolute Gasteiger partial charge is 0.465 e. The highest BCUT2D eigenvalue weighted by Gasteiger charge is 2.24. The zero-order valence-corrected chi connectivity index (χ0v) is 25.9. The van der Waals surface area contributed by atoms with Gasteiger partial charge < -0.3 is 25.5 Å². The standard InChI is InChI=1S/C34H41N7O4/c1-21(38-34(43)44)16-25-18-35-19-27(22(25)2)24-11-12-29-26(17-24)31(40-41(29)30-10-6-7-15-45-30)32-37-20-28(39-32)33(42)36-14-13-23-8-4-3-5-9-23/h8,11-12,17-21,30,38H,3-7,9-10,13-16H2,1-2H3,(H,36,42)(H,37,39)(H,43,44). The van der Waals surface area contributed by atoms with Gasteiger partial charge in [0.05, 0.1) is 11.7 Å². The van der Waals surface area contributed by atoms with Gasteiger partial charge in [0.25, 0.3) is 5.91 Å². The van der Waals surface area contributed by atoms with E-state index in [-0.39, 0.29) is 18.2 Å². The van der Waals surface area contributed by atoms with Crippen LogP contribution < -0.4 is 10.6 Å². The summed E-state index contributed by atoms with van der Waals surface area (Å²) in [5, 5.41) is 20.6. The molecule has 236 valence electrons. The maximum absolute atomic E-state index is 13.0. The van der Waals surface area contributed by atoms with Gasteiger partial charge in [0.2, 0.25) is 0 Å². The third-order valence-corrected chi connectivity index (χ3v) is 8.82. The van der Waals surface area contributed by atoms with E-state index in [0.29, 0.717) is 36.8 Å². The Kier molecular flexibility index (Phi) is 9.25. The predicted molar refractivity (Wildman–Crippen MR) is 172 cm³/mol. The van der Waals surface area contributed by atoms with Gasteiger partial charge in [-0.05, 0) is 100 Å². The lowest BCUT2D eigenvalue weighted by Crippen LogP contribution is -2.32. The molecule has 1 aromatic carbocycles. The molecule has 2 unspecified atom stereocenters. The zero-order chi connectivity index (χ0) is 31.3. The fourth-order valence-electron chi connectivity index (χ4n) is 6.40. The molecule has 1 fully saturated rings. The number of rotatable bonds is 10. The summed E-state index contributed by atoms with van der Waals surface area (Å²) in [6, 6.07) is 5.94. The molecule has 1 aliphatic heterocycles. The van der Waals surface area contributed by atoms with Crippen molar-refractivity contribution in [1.82, 2.24) is 35.4 Å². The number of aromatic amines is 1. The monoisotopic (exact) mass is 611 g/mol. The SMILES string of the molecule is Cc1c(CC(C)NC(=O)O)cncc1-c1ccc2c(c1)c(-c1ncc(C(=O)NCCC3=CCCCC3)[nH]1)nn2C1CCCCO1. The smallest absolute Gasteiger partial charge is 0.404 e. The lowest BCUT2D eigenvalue weighted by Gasteiger charge is -2.23. The predicted octanol–water partition coefficient (Wildman–Crippen LogP) is 6.31. The molecule has 1 saturated heterocycles. The number of ether oxygens (including phenoxy) is 1. The summed E-state index contributed by atoms with van der Waals surface area (Å²) in [5.41, 5.74) is 7.31. The average Bonchev–Trinajstić information content (AvgIpc) is 3.68. The molecular formula is C34H41N7O4. The van der Waals surface area contributed by atoms with Crippen molar-refractivity contribution in [2.24, 2.45) is 0 Å². The number of hydrogen-bond donors (Lipinski definition) is 4. The summed E-state index contributed by atoms with van der Waals surface area (Å²) < 4.78 is 8.06. The molecule has 0 radical (unpaired) electrons. The van der Waals surface area contributed by atoms with Gasteiger partial charge in [-0.2, -0.15) is 5.10 Å². The first-order valence-electron chi connectivity index (χ1n) is 16.0. The number of carbonyl (C=O) groups is 2. The minimum atomic E-state index is -1.04. The quantitative estimate of drug-likeness (QED) is 0.154. The Labute approximate surface area is 262 Å². The van der Waals surface area contributed by atoms with E-state index in [1.807, 2.05) is 24.7 Å². The third kappa shape index (κ3) is 6.93. The number of nitrogens with one attached hydrogen (secondary N) is 3.